The van der Waals surface area contributed by atoms with Crippen LogP contribution in [0.4, 0.5) is 11.4 Å². The Balaban J connectivity index is 0.00000102. The van der Waals surface area contributed by atoms with Gasteiger partial charge in [0, 0.05) is 10.6 Å². The van der Waals surface area contributed by atoms with E-state index in [1.807, 2.05) is 25.2 Å². The van der Waals surface area contributed by atoms with Gasteiger partial charge in [-0.1, -0.05) is 71.0 Å². The molecule has 1 heterocycles. The Morgan fingerprint density at radius 2 is 1.67 bits per heavy atom. The maximum absolute atomic E-state index is 3.73. The molecular weight excluding hydrogens is 365 g/mol. The molecular formula is C24H30NPS. The Labute approximate surface area is 170 Å². The van der Waals surface area contributed by atoms with Gasteiger partial charge in [0.1, 0.15) is 0 Å². The molecule has 0 aliphatic heterocycles. The molecule has 142 valence electrons. The normalized spacial score (nSPS) is 13.5. The van der Waals surface area contributed by atoms with E-state index in [1.165, 1.54) is 42.8 Å². The highest BCUT2D eigenvalue weighted by Crippen LogP contribution is 2.45. The first kappa shape index (κ1) is 20.1. The van der Waals surface area contributed by atoms with Crippen LogP contribution >= 0.6 is 20.6 Å². The van der Waals surface area contributed by atoms with Crippen LogP contribution in [0.1, 0.15) is 57.0 Å². The van der Waals surface area contributed by atoms with E-state index in [1.54, 1.807) is 0 Å². The first-order valence-corrected chi connectivity index (χ1v) is 11.2. The molecule has 0 spiro atoms. The quantitative estimate of drug-likeness (QED) is 0.432. The minimum absolute atomic E-state index is 0.113. The maximum Gasteiger partial charge on any atom is 0.0587 e. The molecule has 0 bridgehead atoms. The zero-order chi connectivity index (χ0) is 19.6. The van der Waals surface area contributed by atoms with Crippen molar-refractivity contribution in [1.82, 2.24) is 0 Å². The highest BCUT2D eigenvalue weighted by molar-refractivity contribution is 7.35. The topological polar surface area (TPSA) is 12.0 Å². The molecule has 3 heteroatoms. The third kappa shape index (κ3) is 3.98. The molecule has 4 rings (SSSR count). The monoisotopic (exact) mass is 395 g/mol. The minimum Gasteiger partial charge on any atom is -0.354 e. The fourth-order valence-electron chi connectivity index (χ4n) is 3.61. The van der Waals surface area contributed by atoms with Crippen molar-refractivity contribution in [3.8, 4) is 0 Å². The van der Waals surface area contributed by atoms with E-state index in [2.05, 4.69) is 83.9 Å². The molecule has 0 amide bonds. The molecule has 0 radical (unpaired) electrons. The summed E-state index contributed by atoms with van der Waals surface area (Å²) < 4.78 is 1.37. The Kier molecular flexibility index (Phi) is 6.08. The van der Waals surface area contributed by atoms with Gasteiger partial charge in [-0.15, -0.1) is 20.6 Å². The molecule has 0 fully saturated rings. The summed E-state index contributed by atoms with van der Waals surface area (Å²) in [4.78, 5) is 1.43. The number of benzene rings is 2. The third-order valence-electron chi connectivity index (χ3n) is 4.84. The molecule has 1 nitrogen and oxygen atoms in total. The maximum atomic E-state index is 3.73. The van der Waals surface area contributed by atoms with Gasteiger partial charge in [0.05, 0.1) is 10.4 Å². The van der Waals surface area contributed by atoms with E-state index in [-0.39, 0.29) is 5.41 Å². The molecule has 1 unspecified atom stereocenters. The second-order valence-corrected chi connectivity index (χ2v) is 9.35. The molecule has 2 aromatic carbocycles. The van der Waals surface area contributed by atoms with Crippen molar-refractivity contribution < 1.29 is 0 Å². The smallest absolute Gasteiger partial charge is 0.0587 e. The van der Waals surface area contributed by atoms with Gasteiger partial charge in [-0.05, 0) is 52.2 Å². The van der Waals surface area contributed by atoms with Gasteiger partial charge in [-0.2, -0.15) is 0 Å². The number of hydrogen-bond donors (Lipinski definition) is 1. The average Bonchev–Trinajstić information content (AvgIpc) is 3.04. The van der Waals surface area contributed by atoms with Crippen LogP contribution in [0.3, 0.4) is 0 Å². The fourth-order valence-corrected chi connectivity index (χ4v) is 5.39. The lowest BCUT2D eigenvalue weighted by Crippen LogP contribution is -2.13. The minimum atomic E-state index is 0.113. The Morgan fingerprint density at radius 3 is 2.41 bits per heavy atom. The van der Waals surface area contributed by atoms with Crippen molar-refractivity contribution in [1.29, 1.82) is 0 Å². The van der Waals surface area contributed by atoms with Crippen molar-refractivity contribution in [3.63, 3.8) is 0 Å². The van der Waals surface area contributed by atoms with E-state index in [4.69, 9.17) is 0 Å². The lowest BCUT2D eigenvalue weighted by molar-refractivity contribution is 0.592. The largest absolute Gasteiger partial charge is 0.354 e. The van der Waals surface area contributed by atoms with E-state index in [0.29, 0.717) is 0 Å². The van der Waals surface area contributed by atoms with Gasteiger partial charge in [0.2, 0.25) is 0 Å². The van der Waals surface area contributed by atoms with Crippen molar-refractivity contribution in [2.45, 2.75) is 52.9 Å². The second kappa shape index (κ2) is 8.17. The fraction of sp³-hybridized carbons (Fsp3) is 0.333. The molecule has 0 saturated heterocycles. The number of anilines is 2. The van der Waals surface area contributed by atoms with Gasteiger partial charge in [0.15, 0.2) is 0 Å². The van der Waals surface area contributed by atoms with Crippen LogP contribution < -0.4 is 5.32 Å². The predicted octanol–water partition coefficient (Wildman–Crippen LogP) is 8.13. The highest BCUT2D eigenvalue weighted by atomic mass is 32.1. The number of para-hydroxylation sites is 1. The predicted molar refractivity (Wildman–Crippen MR) is 128 cm³/mol. The van der Waals surface area contributed by atoms with Crippen LogP contribution in [-0.4, -0.2) is 0 Å². The first-order valence-electron chi connectivity index (χ1n) is 9.82. The van der Waals surface area contributed by atoms with Gasteiger partial charge in [-0.25, -0.2) is 0 Å². The third-order valence-corrected chi connectivity index (χ3v) is 6.91. The molecule has 1 atom stereocenters. The van der Waals surface area contributed by atoms with Gasteiger partial charge in [0.25, 0.3) is 0 Å². The van der Waals surface area contributed by atoms with E-state index < -0.39 is 0 Å². The summed E-state index contributed by atoms with van der Waals surface area (Å²) in [5, 5.41) is 6.49. The zero-order valence-corrected chi connectivity index (χ0v) is 19.0. The van der Waals surface area contributed by atoms with Gasteiger partial charge >= 0.3 is 0 Å². The Hall–Kier alpha value is -1.63. The Morgan fingerprint density at radius 1 is 0.963 bits per heavy atom. The second-order valence-electron chi connectivity index (χ2n) is 7.71. The molecule has 27 heavy (non-hydrogen) atoms. The first-order chi connectivity index (χ1) is 12.9. The molecule has 0 saturated carbocycles. The summed E-state index contributed by atoms with van der Waals surface area (Å²) in [6.07, 6.45) is 4.63. The Bertz CT molecular complexity index is 976. The lowest BCUT2D eigenvalue weighted by atomic mass is 9.86. The number of fused-ring (bicyclic) bond motifs is 3. The number of allylic oxidation sites excluding steroid dienone is 1. The van der Waals surface area contributed by atoms with Gasteiger partial charge < -0.3 is 5.32 Å². The molecule has 1 N–H and O–H groups in total. The lowest BCUT2D eigenvalue weighted by Gasteiger charge is -2.23. The average molecular weight is 396 g/mol. The van der Waals surface area contributed by atoms with E-state index in [9.17, 15) is 0 Å². The number of aryl methyl sites for hydroxylation is 1. The molecule has 3 aromatic rings. The van der Waals surface area contributed by atoms with Crippen molar-refractivity contribution in [2.24, 2.45) is 0 Å². The van der Waals surface area contributed by atoms with E-state index in [0.717, 1.165) is 12.8 Å². The molecule has 1 aromatic heterocycles. The standard InChI is InChI=1S/C22H24NPS.C2H6/c1-22(2,3)16-10-4-5-11-17(16)23-18-12-6-8-14-15-9-7-13-19(24)21(15)25-20(14)18;1-2/h4-6,8,10-13,23H,7,9,24H2,1-3H3;1-2H3. The summed E-state index contributed by atoms with van der Waals surface area (Å²) in [6.45, 7) is 10.8. The number of thiophene rings is 1. The zero-order valence-electron chi connectivity index (χ0n) is 17.0. The summed E-state index contributed by atoms with van der Waals surface area (Å²) >= 11 is 1.92. The highest BCUT2D eigenvalue weighted by Gasteiger charge is 2.20. The van der Waals surface area contributed by atoms with Crippen molar-refractivity contribution in [3.05, 3.63) is 64.5 Å². The number of rotatable bonds is 2. The van der Waals surface area contributed by atoms with Crippen molar-refractivity contribution >= 4 is 47.4 Å². The SMILES string of the molecule is CC.CC(C)(C)c1ccccc1Nc1cccc2c3c(sc12)C(P)=CCC3. The molecule has 1 aliphatic carbocycles. The van der Waals surface area contributed by atoms with Crippen LogP contribution in [0.5, 0.6) is 0 Å². The summed E-state index contributed by atoms with van der Waals surface area (Å²) in [5.74, 6) is 0. The van der Waals surface area contributed by atoms with Crippen molar-refractivity contribution in [2.75, 3.05) is 5.32 Å². The summed E-state index contributed by atoms with van der Waals surface area (Å²) in [7, 11) is 2.91. The van der Waals surface area contributed by atoms with E-state index >= 15 is 0 Å². The van der Waals surface area contributed by atoms with Gasteiger partial charge in [-0.3, -0.25) is 0 Å². The summed E-state index contributed by atoms with van der Waals surface area (Å²) in [5.41, 5.74) is 5.39. The summed E-state index contributed by atoms with van der Waals surface area (Å²) in [6, 6.07) is 15.3. The number of nitrogens with one attached hydrogen (secondary N) is 1. The van der Waals surface area contributed by atoms with Crippen LogP contribution in [-0.2, 0) is 11.8 Å². The van der Waals surface area contributed by atoms with Crippen LogP contribution in [0.25, 0.3) is 15.4 Å². The van der Waals surface area contributed by atoms with Crippen LogP contribution in [0.15, 0.2) is 48.5 Å². The molecule has 1 aliphatic rings. The van der Waals surface area contributed by atoms with Crippen LogP contribution in [0.2, 0.25) is 0 Å². The number of hydrogen-bond acceptors (Lipinski definition) is 2. The van der Waals surface area contributed by atoms with Crippen LogP contribution in [0, 0.1) is 0 Å².